The highest BCUT2D eigenvalue weighted by atomic mass is 16.2. The van der Waals surface area contributed by atoms with E-state index in [2.05, 4.69) is 36.1 Å². The Morgan fingerprint density at radius 1 is 1.26 bits per heavy atom. The summed E-state index contributed by atoms with van der Waals surface area (Å²) < 4.78 is 0. The number of carbonyl (C=O) groups excluding carboxylic acids is 1. The molecule has 1 aliphatic carbocycles. The molecule has 2 N–H and O–H groups in total. The van der Waals surface area contributed by atoms with Crippen LogP contribution in [0.25, 0.3) is 0 Å². The van der Waals surface area contributed by atoms with Crippen LogP contribution in [0.3, 0.4) is 0 Å². The Morgan fingerprint density at radius 2 is 2.05 bits per heavy atom. The van der Waals surface area contributed by atoms with Crippen molar-refractivity contribution in [1.29, 1.82) is 0 Å². The number of hydrogen-bond donors (Lipinski definition) is 1. The van der Waals surface area contributed by atoms with Crippen molar-refractivity contribution in [3.8, 4) is 0 Å². The van der Waals surface area contributed by atoms with Gasteiger partial charge in [-0.05, 0) is 38.2 Å². The zero-order valence-electron chi connectivity index (χ0n) is 11.5. The predicted octanol–water partition coefficient (Wildman–Crippen LogP) is 2.54. The summed E-state index contributed by atoms with van der Waals surface area (Å²) in [6.45, 7) is 2.09. The van der Waals surface area contributed by atoms with Gasteiger partial charge in [-0.15, -0.1) is 0 Å². The van der Waals surface area contributed by atoms with Gasteiger partial charge in [0.25, 0.3) is 0 Å². The van der Waals surface area contributed by atoms with E-state index in [0.717, 1.165) is 25.7 Å². The van der Waals surface area contributed by atoms with E-state index in [1.807, 2.05) is 0 Å². The largest absolute Gasteiger partial charge is 0.331 e. The summed E-state index contributed by atoms with van der Waals surface area (Å²) in [7, 11) is 0. The fourth-order valence-corrected chi connectivity index (χ4v) is 3.18. The molecule has 102 valence electrons. The number of rotatable bonds is 2. The molecule has 1 saturated heterocycles. The SMILES string of the molecule is Cc1cccc(C2C(N)CCCC(=O)N2C2CC2)c1. The second-order valence-electron chi connectivity index (χ2n) is 5.95. The number of nitrogens with two attached hydrogens (primary N) is 1. The highest BCUT2D eigenvalue weighted by molar-refractivity contribution is 5.78. The summed E-state index contributed by atoms with van der Waals surface area (Å²) in [5, 5.41) is 0. The third-order valence-corrected chi connectivity index (χ3v) is 4.25. The first-order chi connectivity index (χ1) is 9.16. The molecule has 1 aromatic rings. The number of carbonyl (C=O) groups is 1. The molecule has 0 bridgehead atoms. The lowest BCUT2D eigenvalue weighted by Crippen LogP contribution is -2.43. The van der Waals surface area contributed by atoms with E-state index in [4.69, 9.17) is 5.73 Å². The maximum absolute atomic E-state index is 12.4. The second-order valence-corrected chi connectivity index (χ2v) is 5.95. The minimum atomic E-state index is 0.0637. The topological polar surface area (TPSA) is 46.3 Å². The van der Waals surface area contributed by atoms with Crippen LogP contribution in [0.15, 0.2) is 24.3 Å². The quantitative estimate of drug-likeness (QED) is 0.886. The van der Waals surface area contributed by atoms with Crippen molar-refractivity contribution in [3.63, 3.8) is 0 Å². The van der Waals surface area contributed by atoms with E-state index in [0.29, 0.717) is 18.4 Å². The molecule has 3 rings (SSSR count). The maximum atomic E-state index is 12.4. The standard InChI is InChI=1S/C16H22N2O/c1-11-4-2-5-12(10-11)16-14(17)6-3-7-15(19)18(16)13-8-9-13/h2,4-5,10,13-14,16H,3,6-9,17H2,1H3. The number of likely N-dealkylation sites (tertiary alicyclic amines) is 1. The molecule has 2 fully saturated rings. The molecule has 3 nitrogen and oxygen atoms in total. The molecule has 2 atom stereocenters. The second kappa shape index (κ2) is 4.97. The highest BCUT2D eigenvalue weighted by Gasteiger charge is 2.41. The van der Waals surface area contributed by atoms with Gasteiger partial charge in [0.2, 0.25) is 5.91 Å². The normalized spacial score (nSPS) is 28.3. The van der Waals surface area contributed by atoms with Crippen LogP contribution in [0, 0.1) is 6.92 Å². The molecule has 1 amide bonds. The molecule has 0 aromatic heterocycles. The van der Waals surface area contributed by atoms with Gasteiger partial charge in [0.15, 0.2) is 0 Å². The molecular formula is C16H22N2O. The van der Waals surface area contributed by atoms with E-state index in [-0.39, 0.29) is 12.1 Å². The van der Waals surface area contributed by atoms with Gasteiger partial charge in [-0.3, -0.25) is 4.79 Å². The third kappa shape index (κ3) is 2.52. The predicted molar refractivity (Wildman–Crippen MR) is 75.6 cm³/mol. The highest BCUT2D eigenvalue weighted by Crippen LogP contribution is 2.39. The molecule has 3 heteroatoms. The van der Waals surface area contributed by atoms with E-state index in [1.165, 1.54) is 11.1 Å². The van der Waals surface area contributed by atoms with Gasteiger partial charge in [0, 0.05) is 18.5 Å². The number of aryl methyl sites for hydroxylation is 1. The van der Waals surface area contributed by atoms with Crippen LogP contribution in [-0.4, -0.2) is 22.9 Å². The average molecular weight is 258 g/mol. The summed E-state index contributed by atoms with van der Waals surface area (Å²) in [6, 6.07) is 9.02. The monoisotopic (exact) mass is 258 g/mol. The summed E-state index contributed by atoms with van der Waals surface area (Å²) in [6.07, 6.45) is 4.80. The lowest BCUT2D eigenvalue weighted by atomic mass is 9.95. The first-order valence-electron chi connectivity index (χ1n) is 7.30. The van der Waals surface area contributed by atoms with Crippen molar-refractivity contribution in [1.82, 2.24) is 4.90 Å². The minimum absolute atomic E-state index is 0.0637. The zero-order chi connectivity index (χ0) is 13.4. The van der Waals surface area contributed by atoms with E-state index >= 15 is 0 Å². The van der Waals surface area contributed by atoms with Gasteiger partial charge in [-0.25, -0.2) is 0 Å². The van der Waals surface area contributed by atoms with Gasteiger partial charge < -0.3 is 10.6 Å². The van der Waals surface area contributed by atoms with Gasteiger partial charge >= 0.3 is 0 Å². The third-order valence-electron chi connectivity index (χ3n) is 4.25. The Labute approximate surface area is 114 Å². The molecule has 1 heterocycles. The van der Waals surface area contributed by atoms with Gasteiger partial charge in [-0.2, -0.15) is 0 Å². The smallest absolute Gasteiger partial charge is 0.223 e. The molecule has 0 spiro atoms. The molecule has 19 heavy (non-hydrogen) atoms. The molecule has 1 aliphatic heterocycles. The fourth-order valence-electron chi connectivity index (χ4n) is 3.18. The summed E-state index contributed by atoms with van der Waals surface area (Å²) in [5.74, 6) is 0.293. The molecule has 2 unspecified atom stereocenters. The first-order valence-corrected chi connectivity index (χ1v) is 7.30. The van der Waals surface area contributed by atoms with Crippen molar-refractivity contribution in [2.75, 3.05) is 0 Å². The van der Waals surface area contributed by atoms with Gasteiger partial charge in [0.1, 0.15) is 0 Å². The maximum Gasteiger partial charge on any atom is 0.223 e. The van der Waals surface area contributed by atoms with Gasteiger partial charge in [0.05, 0.1) is 6.04 Å². The van der Waals surface area contributed by atoms with Crippen molar-refractivity contribution in [2.45, 2.75) is 57.2 Å². The molecule has 2 aliphatic rings. The summed E-state index contributed by atoms with van der Waals surface area (Å²) in [4.78, 5) is 14.5. The average Bonchev–Trinajstić information content (AvgIpc) is 3.18. The van der Waals surface area contributed by atoms with Crippen LogP contribution < -0.4 is 5.73 Å². The minimum Gasteiger partial charge on any atom is -0.331 e. The number of nitrogens with zero attached hydrogens (tertiary/aromatic N) is 1. The van der Waals surface area contributed by atoms with Crippen LogP contribution in [0.5, 0.6) is 0 Å². The van der Waals surface area contributed by atoms with Gasteiger partial charge in [-0.1, -0.05) is 29.8 Å². The molecular weight excluding hydrogens is 236 g/mol. The zero-order valence-corrected chi connectivity index (χ0v) is 11.5. The van der Waals surface area contributed by atoms with Crippen molar-refractivity contribution >= 4 is 5.91 Å². The Kier molecular flexibility index (Phi) is 3.31. The summed E-state index contributed by atoms with van der Waals surface area (Å²) in [5.41, 5.74) is 8.82. The Morgan fingerprint density at radius 3 is 2.74 bits per heavy atom. The number of hydrogen-bond acceptors (Lipinski definition) is 2. The fraction of sp³-hybridized carbons (Fsp3) is 0.562. The number of amides is 1. The molecule has 1 aromatic carbocycles. The summed E-state index contributed by atoms with van der Waals surface area (Å²) >= 11 is 0. The van der Waals surface area contributed by atoms with Crippen LogP contribution in [0.2, 0.25) is 0 Å². The lowest BCUT2D eigenvalue weighted by Gasteiger charge is -2.34. The Balaban J connectivity index is 1.99. The van der Waals surface area contributed by atoms with Crippen molar-refractivity contribution in [2.24, 2.45) is 5.73 Å². The molecule has 0 radical (unpaired) electrons. The Hall–Kier alpha value is -1.35. The van der Waals surface area contributed by atoms with Crippen LogP contribution in [-0.2, 0) is 4.79 Å². The Bertz CT molecular complexity index is 481. The van der Waals surface area contributed by atoms with E-state index in [1.54, 1.807) is 0 Å². The number of benzene rings is 1. The van der Waals surface area contributed by atoms with E-state index < -0.39 is 0 Å². The van der Waals surface area contributed by atoms with Crippen LogP contribution >= 0.6 is 0 Å². The molecule has 1 saturated carbocycles. The van der Waals surface area contributed by atoms with E-state index in [9.17, 15) is 4.79 Å². The van der Waals surface area contributed by atoms with Crippen molar-refractivity contribution in [3.05, 3.63) is 35.4 Å². The lowest BCUT2D eigenvalue weighted by molar-refractivity contribution is -0.133. The van der Waals surface area contributed by atoms with Crippen LogP contribution in [0.1, 0.15) is 49.3 Å². The first kappa shape index (κ1) is 12.7. The van der Waals surface area contributed by atoms with Crippen LogP contribution in [0.4, 0.5) is 0 Å². The van der Waals surface area contributed by atoms with Crippen molar-refractivity contribution < 1.29 is 4.79 Å².